The van der Waals surface area contributed by atoms with Gasteiger partial charge in [0.25, 0.3) is 0 Å². The first kappa shape index (κ1) is 21.3. The first-order valence-electron chi connectivity index (χ1n) is 11.5. The molecular formula is C27H25N3O5. The average molecular weight is 472 g/mol. The molecule has 2 amide bonds. The van der Waals surface area contributed by atoms with E-state index in [1.165, 1.54) is 0 Å². The van der Waals surface area contributed by atoms with E-state index in [0.717, 1.165) is 27.7 Å². The summed E-state index contributed by atoms with van der Waals surface area (Å²) in [6, 6.07) is 16.2. The highest BCUT2D eigenvalue weighted by atomic mass is 16.5. The van der Waals surface area contributed by atoms with Crippen molar-refractivity contribution in [1.29, 1.82) is 0 Å². The molecule has 1 fully saturated rings. The number of ether oxygens (including phenoxy) is 2. The van der Waals surface area contributed by atoms with Crippen LogP contribution in [0.4, 0.5) is 0 Å². The fourth-order valence-electron chi connectivity index (χ4n) is 5.42. The Hall–Kier alpha value is -4.20. The molecule has 4 heterocycles. The van der Waals surface area contributed by atoms with Gasteiger partial charge in [0, 0.05) is 23.0 Å². The van der Waals surface area contributed by atoms with Gasteiger partial charge in [-0.05, 0) is 41.5 Å². The number of amides is 2. The van der Waals surface area contributed by atoms with Crippen LogP contribution in [0.2, 0.25) is 0 Å². The molecule has 0 bridgehead atoms. The number of carbonyl (C=O) groups is 2. The average Bonchev–Trinajstić information content (AvgIpc) is 3.53. The molecule has 4 aromatic rings. The maximum Gasteiger partial charge on any atom is 0.246 e. The molecule has 1 saturated heterocycles. The third-order valence-electron chi connectivity index (χ3n) is 6.99. The number of H-pyrrole nitrogens is 1. The van der Waals surface area contributed by atoms with Crippen LogP contribution in [0.1, 0.15) is 28.6 Å². The summed E-state index contributed by atoms with van der Waals surface area (Å²) in [5.74, 6) is 1.64. The Morgan fingerprint density at radius 1 is 1.03 bits per heavy atom. The lowest BCUT2D eigenvalue weighted by Crippen LogP contribution is -2.62. The van der Waals surface area contributed by atoms with Crippen LogP contribution in [0.15, 0.2) is 65.3 Å². The van der Waals surface area contributed by atoms with Crippen molar-refractivity contribution < 1.29 is 23.5 Å². The van der Waals surface area contributed by atoms with Gasteiger partial charge in [-0.2, -0.15) is 0 Å². The number of methoxy groups -OCH3 is 2. The number of piperazine rings is 1. The Labute approximate surface area is 202 Å². The van der Waals surface area contributed by atoms with E-state index >= 15 is 0 Å². The normalized spacial score (nSPS) is 19.6. The lowest BCUT2D eigenvalue weighted by Gasteiger charge is -2.47. The molecule has 6 rings (SSSR count). The SMILES string of the molecule is COc1ccc(C2c3[nH]c4ccccc4c3C[C@H]3C(=O)N(Cc4ccco4)CC(=O)N23)cc1OC. The lowest BCUT2D eigenvalue weighted by molar-refractivity contribution is -0.159. The third-order valence-corrected chi connectivity index (χ3v) is 6.99. The number of carbonyl (C=O) groups excluding carboxylic acids is 2. The molecule has 178 valence electrons. The van der Waals surface area contributed by atoms with Crippen LogP contribution < -0.4 is 9.47 Å². The molecule has 35 heavy (non-hydrogen) atoms. The number of aromatic amines is 1. The van der Waals surface area contributed by atoms with Gasteiger partial charge in [-0.3, -0.25) is 9.59 Å². The maximum atomic E-state index is 13.7. The minimum absolute atomic E-state index is 0.00458. The van der Waals surface area contributed by atoms with Crippen LogP contribution >= 0.6 is 0 Å². The van der Waals surface area contributed by atoms with Crippen molar-refractivity contribution in [2.75, 3.05) is 20.8 Å². The molecule has 2 aliphatic rings. The van der Waals surface area contributed by atoms with Gasteiger partial charge in [0.05, 0.1) is 33.1 Å². The molecular weight excluding hydrogens is 446 g/mol. The number of nitrogens with one attached hydrogen (secondary N) is 1. The van der Waals surface area contributed by atoms with Gasteiger partial charge in [-0.25, -0.2) is 0 Å². The molecule has 8 nitrogen and oxygen atoms in total. The van der Waals surface area contributed by atoms with E-state index < -0.39 is 12.1 Å². The van der Waals surface area contributed by atoms with E-state index in [1.54, 1.807) is 36.3 Å². The summed E-state index contributed by atoms with van der Waals surface area (Å²) >= 11 is 0. The number of aromatic nitrogens is 1. The predicted molar refractivity (Wildman–Crippen MR) is 128 cm³/mol. The van der Waals surface area contributed by atoms with Crippen molar-refractivity contribution in [3.8, 4) is 11.5 Å². The van der Waals surface area contributed by atoms with E-state index in [4.69, 9.17) is 13.9 Å². The van der Waals surface area contributed by atoms with E-state index in [1.807, 2.05) is 42.5 Å². The van der Waals surface area contributed by atoms with Gasteiger partial charge in [-0.15, -0.1) is 0 Å². The van der Waals surface area contributed by atoms with Crippen LogP contribution in [0.25, 0.3) is 10.9 Å². The summed E-state index contributed by atoms with van der Waals surface area (Å²) in [7, 11) is 3.17. The number of benzene rings is 2. The molecule has 0 aliphatic carbocycles. The van der Waals surface area contributed by atoms with E-state index in [9.17, 15) is 9.59 Å². The second kappa shape index (κ2) is 8.23. The van der Waals surface area contributed by atoms with Crippen LogP contribution in [0, 0.1) is 0 Å². The second-order valence-corrected chi connectivity index (χ2v) is 8.87. The third kappa shape index (κ3) is 3.36. The highest BCUT2D eigenvalue weighted by Crippen LogP contribution is 2.44. The lowest BCUT2D eigenvalue weighted by atomic mass is 9.86. The van der Waals surface area contributed by atoms with Gasteiger partial charge < -0.3 is 28.7 Å². The number of rotatable bonds is 5. The van der Waals surface area contributed by atoms with E-state index in [-0.39, 0.29) is 24.9 Å². The summed E-state index contributed by atoms with van der Waals surface area (Å²) in [4.78, 5) is 34.2. The molecule has 0 saturated carbocycles. The monoisotopic (exact) mass is 471 g/mol. The van der Waals surface area contributed by atoms with Gasteiger partial charge in [0.1, 0.15) is 18.3 Å². The van der Waals surface area contributed by atoms with Gasteiger partial charge >= 0.3 is 0 Å². The Kier molecular flexibility index (Phi) is 5.02. The number of hydrogen-bond acceptors (Lipinski definition) is 5. The van der Waals surface area contributed by atoms with Crippen molar-refractivity contribution in [1.82, 2.24) is 14.8 Å². The first-order chi connectivity index (χ1) is 17.1. The van der Waals surface area contributed by atoms with Crippen molar-refractivity contribution >= 4 is 22.7 Å². The molecule has 1 unspecified atom stereocenters. The fourth-order valence-corrected chi connectivity index (χ4v) is 5.42. The molecule has 0 radical (unpaired) electrons. The highest BCUT2D eigenvalue weighted by Gasteiger charge is 2.48. The zero-order valence-corrected chi connectivity index (χ0v) is 19.5. The second-order valence-electron chi connectivity index (χ2n) is 8.87. The predicted octanol–water partition coefficient (Wildman–Crippen LogP) is 3.66. The number of para-hydroxylation sites is 1. The molecule has 2 aliphatic heterocycles. The number of nitrogens with zero attached hydrogens (tertiary/aromatic N) is 2. The van der Waals surface area contributed by atoms with E-state index in [0.29, 0.717) is 23.7 Å². The Morgan fingerprint density at radius 3 is 2.63 bits per heavy atom. The molecule has 2 atom stereocenters. The quantitative estimate of drug-likeness (QED) is 0.480. The van der Waals surface area contributed by atoms with E-state index in [2.05, 4.69) is 11.1 Å². The Bertz CT molecular complexity index is 1420. The van der Waals surface area contributed by atoms with Crippen LogP contribution in [-0.2, 0) is 22.6 Å². The molecule has 2 aromatic heterocycles. The van der Waals surface area contributed by atoms with Crippen molar-refractivity contribution in [3.05, 3.63) is 83.4 Å². The summed E-state index contributed by atoms with van der Waals surface area (Å²) < 4.78 is 16.4. The number of fused-ring (bicyclic) bond motifs is 4. The summed E-state index contributed by atoms with van der Waals surface area (Å²) in [6.07, 6.45) is 2.02. The van der Waals surface area contributed by atoms with Crippen molar-refractivity contribution in [2.45, 2.75) is 25.0 Å². The standard InChI is InChI=1S/C27H25N3O5/c1-33-22-10-9-16(12-23(22)34-2)26-25-19(18-7-3-4-8-20(18)28-25)13-21-27(32)29(15-24(31)30(21)26)14-17-6-5-11-35-17/h3-12,21,26,28H,13-15H2,1-2H3/t21-,26?/m0/s1. The Morgan fingerprint density at radius 2 is 1.86 bits per heavy atom. The van der Waals surface area contributed by atoms with Gasteiger partial charge in [-0.1, -0.05) is 24.3 Å². The molecule has 1 N–H and O–H groups in total. The molecule has 0 spiro atoms. The summed E-state index contributed by atoms with van der Waals surface area (Å²) in [6.45, 7) is 0.263. The minimum Gasteiger partial charge on any atom is -0.493 e. The summed E-state index contributed by atoms with van der Waals surface area (Å²) in [5.41, 5.74) is 3.81. The smallest absolute Gasteiger partial charge is 0.246 e. The Balaban J connectivity index is 1.49. The zero-order chi connectivity index (χ0) is 24.1. The topological polar surface area (TPSA) is 88.0 Å². The van der Waals surface area contributed by atoms with Gasteiger partial charge in [0.15, 0.2) is 11.5 Å². The highest BCUT2D eigenvalue weighted by molar-refractivity contribution is 5.97. The largest absolute Gasteiger partial charge is 0.493 e. The fraction of sp³-hybridized carbons (Fsp3) is 0.259. The van der Waals surface area contributed by atoms with Crippen molar-refractivity contribution in [2.24, 2.45) is 0 Å². The molecule has 2 aromatic carbocycles. The maximum absolute atomic E-state index is 13.7. The molecule has 8 heteroatoms. The zero-order valence-electron chi connectivity index (χ0n) is 19.5. The van der Waals surface area contributed by atoms with Crippen LogP contribution in [0.3, 0.4) is 0 Å². The summed E-state index contributed by atoms with van der Waals surface area (Å²) in [5, 5.41) is 1.07. The minimum atomic E-state index is -0.615. The number of hydrogen-bond donors (Lipinski definition) is 1. The van der Waals surface area contributed by atoms with Crippen molar-refractivity contribution in [3.63, 3.8) is 0 Å². The van der Waals surface area contributed by atoms with Gasteiger partial charge in [0.2, 0.25) is 11.8 Å². The first-order valence-corrected chi connectivity index (χ1v) is 11.5. The van der Waals surface area contributed by atoms with Crippen LogP contribution in [0.5, 0.6) is 11.5 Å². The number of furan rings is 1. The van der Waals surface area contributed by atoms with Crippen LogP contribution in [-0.4, -0.2) is 53.4 Å².